The quantitative estimate of drug-likeness (QED) is 0.600. The Balaban J connectivity index is 1.50. The molecule has 1 amide bonds. The minimum absolute atomic E-state index is 0.0367. The molecule has 0 bridgehead atoms. The van der Waals surface area contributed by atoms with Crippen LogP contribution < -0.4 is 5.32 Å². The number of carbonyl (C=O) groups is 1. The van der Waals surface area contributed by atoms with Crippen molar-refractivity contribution in [3.8, 4) is 11.4 Å². The summed E-state index contributed by atoms with van der Waals surface area (Å²) in [5.74, 6) is -0.116. The van der Waals surface area contributed by atoms with E-state index in [1.807, 2.05) is 0 Å². The Morgan fingerprint density at radius 3 is 2.63 bits per heavy atom. The molecule has 0 aliphatic carbocycles. The van der Waals surface area contributed by atoms with Crippen LogP contribution in [0.25, 0.3) is 11.4 Å². The summed E-state index contributed by atoms with van der Waals surface area (Å²) in [6.07, 6.45) is -4.20. The highest BCUT2D eigenvalue weighted by atomic mass is 35.5. The number of aryl methyl sites for hydroxylation is 1. The van der Waals surface area contributed by atoms with Gasteiger partial charge in [0.05, 0.1) is 12.5 Å². The molecule has 160 valence electrons. The highest BCUT2D eigenvalue weighted by Gasteiger charge is 2.34. The fraction of sp³-hybridized carbons (Fsp3) is 0.368. The van der Waals surface area contributed by atoms with Crippen molar-refractivity contribution in [3.63, 3.8) is 0 Å². The number of alkyl halides is 3. The van der Waals surface area contributed by atoms with E-state index in [0.29, 0.717) is 28.9 Å². The fourth-order valence-corrected chi connectivity index (χ4v) is 2.84. The van der Waals surface area contributed by atoms with Gasteiger partial charge in [0.1, 0.15) is 0 Å². The highest BCUT2D eigenvalue weighted by molar-refractivity contribution is 6.30. The van der Waals surface area contributed by atoms with Crippen LogP contribution in [0.1, 0.15) is 24.2 Å². The zero-order valence-corrected chi connectivity index (χ0v) is 17.0. The number of aromatic nitrogens is 4. The van der Waals surface area contributed by atoms with E-state index in [2.05, 4.69) is 20.6 Å². The summed E-state index contributed by atoms with van der Waals surface area (Å²) in [5, 5.41) is 10.7. The Morgan fingerprint density at radius 2 is 2.00 bits per heavy atom. The van der Waals surface area contributed by atoms with E-state index in [4.69, 9.17) is 16.1 Å². The summed E-state index contributed by atoms with van der Waals surface area (Å²) in [6.45, 7) is 3.42. The maximum absolute atomic E-state index is 12.8. The fourth-order valence-electron chi connectivity index (χ4n) is 2.72. The standard InChI is InChI=1S/C19H19ClF3N5O2/c1-11(10-28-12(2)9-15(26-28)19(21,22)23)18(29)24-8-7-16-25-17(27-30-16)13-3-5-14(20)6-4-13/h3-6,9,11H,7-8,10H2,1-2H3,(H,24,29). The maximum atomic E-state index is 12.8. The third-order valence-electron chi connectivity index (χ3n) is 4.37. The van der Waals surface area contributed by atoms with E-state index < -0.39 is 17.8 Å². The maximum Gasteiger partial charge on any atom is 0.435 e. The van der Waals surface area contributed by atoms with E-state index in [0.717, 1.165) is 11.6 Å². The lowest BCUT2D eigenvalue weighted by molar-refractivity contribution is -0.141. The molecule has 2 aromatic heterocycles. The molecule has 11 heteroatoms. The Hall–Kier alpha value is -2.88. The van der Waals surface area contributed by atoms with Gasteiger partial charge in [-0.3, -0.25) is 9.48 Å². The molecule has 0 spiro atoms. The number of nitrogens with zero attached hydrogens (tertiary/aromatic N) is 4. The summed E-state index contributed by atoms with van der Waals surface area (Å²) in [7, 11) is 0. The first kappa shape index (κ1) is 21.8. The molecule has 1 unspecified atom stereocenters. The molecule has 3 rings (SSSR count). The van der Waals surface area contributed by atoms with Crippen LogP contribution in [0.4, 0.5) is 13.2 Å². The molecule has 0 aliphatic rings. The molecular formula is C19H19ClF3N5O2. The lowest BCUT2D eigenvalue weighted by atomic mass is 10.1. The van der Waals surface area contributed by atoms with Crippen molar-refractivity contribution < 1.29 is 22.5 Å². The van der Waals surface area contributed by atoms with Gasteiger partial charge in [-0.25, -0.2) is 0 Å². The second kappa shape index (κ2) is 8.86. The molecule has 0 radical (unpaired) electrons. The Bertz CT molecular complexity index is 1010. The Kier molecular flexibility index (Phi) is 6.45. The van der Waals surface area contributed by atoms with E-state index >= 15 is 0 Å². The van der Waals surface area contributed by atoms with E-state index in [9.17, 15) is 18.0 Å². The van der Waals surface area contributed by atoms with E-state index in [-0.39, 0.29) is 19.0 Å². The molecule has 1 aromatic carbocycles. The summed E-state index contributed by atoms with van der Waals surface area (Å²) < 4.78 is 44.6. The molecule has 1 N–H and O–H groups in total. The summed E-state index contributed by atoms with van der Waals surface area (Å²) >= 11 is 5.85. The van der Waals surface area contributed by atoms with Gasteiger partial charge in [-0.15, -0.1) is 0 Å². The predicted molar refractivity (Wildman–Crippen MR) is 103 cm³/mol. The van der Waals surface area contributed by atoms with Crippen LogP contribution in [0.3, 0.4) is 0 Å². The zero-order chi connectivity index (χ0) is 21.9. The lowest BCUT2D eigenvalue weighted by Gasteiger charge is -2.13. The molecule has 0 saturated heterocycles. The van der Waals surface area contributed by atoms with Crippen LogP contribution in [-0.2, 0) is 23.9 Å². The number of halogens is 4. The topological polar surface area (TPSA) is 85.8 Å². The molecule has 0 fully saturated rings. The molecule has 7 nitrogen and oxygen atoms in total. The van der Waals surface area contributed by atoms with Crippen LogP contribution in [-0.4, -0.2) is 32.4 Å². The summed E-state index contributed by atoms with van der Waals surface area (Å²) in [5.41, 5.74) is 0.114. The molecule has 0 saturated carbocycles. The van der Waals surface area contributed by atoms with Gasteiger partial charge in [-0.2, -0.15) is 23.3 Å². The Morgan fingerprint density at radius 1 is 1.30 bits per heavy atom. The van der Waals surface area contributed by atoms with Crippen molar-refractivity contribution in [2.24, 2.45) is 5.92 Å². The zero-order valence-electron chi connectivity index (χ0n) is 16.2. The van der Waals surface area contributed by atoms with Crippen molar-refractivity contribution in [1.29, 1.82) is 0 Å². The second-order valence-electron chi connectivity index (χ2n) is 6.81. The SMILES string of the molecule is Cc1cc(C(F)(F)F)nn1CC(C)C(=O)NCCc1nc(-c2ccc(Cl)cc2)no1. The van der Waals surface area contributed by atoms with Crippen LogP contribution in [0, 0.1) is 12.8 Å². The predicted octanol–water partition coefficient (Wildman–Crippen LogP) is 3.91. The van der Waals surface area contributed by atoms with Gasteiger partial charge in [-0.1, -0.05) is 23.7 Å². The third kappa shape index (κ3) is 5.38. The van der Waals surface area contributed by atoms with E-state index in [1.54, 1.807) is 31.2 Å². The number of hydrogen-bond acceptors (Lipinski definition) is 5. The van der Waals surface area contributed by atoms with E-state index in [1.165, 1.54) is 11.6 Å². The number of rotatable bonds is 7. The second-order valence-corrected chi connectivity index (χ2v) is 7.25. The van der Waals surface area contributed by atoms with Gasteiger partial charge in [-0.05, 0) is 37.3 Å². The number of carbonyl (C=O) groups excluding carboxylic acids is 1. The van der Waals surface area contributed by atoms with Gasteiger partial charge in [0.2, 0.25) is 17.6 Å². The van der Waals surface area contributed by atoms with Crippen molar-refractivity contribution in [2.75, 3.05) is 6.54 Å². The van der Waals surface area contributed by atoms with Crippen LogP contribution >= 0.6 is 11.6 Å². The number of hydrogen-bond donors (Lipinski definition) is 1. The van der Waals surface area contributed by atoms with Gasteiger partial charge in [0, 0.05) is 29.2 Å². The summed E-state index contributed by atoms with van der Waals surface area (Å²) in [4.78, 5) is 16.5. The third-order valence-corrected chi connectivity index (χ3v) is 4.63. The first-order chi connectivity index (χ1) is 14.1. The van der Waals surface area contributed by atoms with Crippen LogP contribution in [0.5, 0.6) is 0 Å². The van der Waals surface area contributed by atoms with Gasteiger partial charge in [0.15, 0.2) is 5.69 Å². The first-order valence-electron chi connectivity index (χ1n) is 9.11. The van der Waals surface area contributed by atoms with Gasteiger partial charge in [0.25, 0.3) is 0 Å². The molecule has 1 atom stereocenters. The molecule has 0 aliphatic heterocycles. The summed E-state index contributed by atoms with van der Waals surface area (Å²) in [6, 6.07) is 7.92. The molecule has 2 heterocycles. The normalized spacial score (nSPS) is 12.7. The van der Waals surface area contributed by atoms with Crippen molar-refractivity contribution in [2.45, 2.75) is 33.0 Å². The van der Waals surface area contributed by atoms with Crippen molar-refractivity contribution >= 4 is 17.5 Å². The number of benzene rings is 1. The monoisotopic (exact) mass is 441 g/mol. The van der Waals surface area contributed by atoms with Crippen LogP contribution in [0.15, 0.2) is 34.9 Å². The average Bonchev–Trinajstić information content (AvgIpc) is 3.29. The smallest absolute Gasteiger partial charge is 0.355 e. The van der Waals surface area contributed by atoms with Crippen molar-refractivity contribution in [1.82, 2.24) is 25.2 Å². The minimum Gasteiger partial charge on any atom is -0.355 e. The highest BCUT2D eigenvalue weighted by Crippen LogP contribution is 2.28. The molecule has 30 heavy (non-hydrogen) atoms. The Labute approximate surface area is 175 Å². The van der Waals surface area contributed by atoms with Crippen LogP contribution in [0.2, 0.25) is 5.02 Å². The van der Waals surface area contributed by atoms with Gasteiger partial charge >= 0.3 is 6.18 Å². The minimum atomic E-state index is -4.52. The number of amides is 1. The average molecular weight is 442 g/mol. The van der Waals surface area contributed by atoms with Gasteiger partial charge < -0.3 is 9.84 Å². The molecule has 3 aromatic rings. The largest absolute Gasteiger partial charge is 0.435 e. The molecular weight excluding hydrogens is 423 g/mol. The number of nitrogens with one attached hydrogen (secondary N) is 1. The van der Waals surface area contributed by atoms with Crippen molar-refractivity contribution in [3.05, 3.63) is 52.6 Å². The lowest BCUT2D eigenvalue weighted by Crippen LogP contribution is -2.33. The first-order valence-corrected chi connectivity index (χ1v) is 9.49.